The number of alkyl halides is 3. The molecule has 0 saturated heterocycles. The topological polar surface area (TPSA) is 145 Å². The Balaban J connectivity index is 0.00000408. The molecule has 33 heavy (non-hydrogen) atoms. The highest BCUT2D eigenvalue weighted by Crippen LogP contribution is 2.20. The minimum atomic E-state index is -4.52. The molecule has 2 heterocycles. The first kappa shape index (κ1) is 23.6. The monoisotopic (exact) mass is 471 g/mol. The van der Waals surface area contributed by atoms with Gasteiger partial charge in [0.15, 0.2) is 0 Å². The molecule has 0 fully saturated rings. The van der Waals surface area contributed by atoms with Crippen LogP contribution in [0, 0.1) is 0 Å². The van der Waals surface area contributed by atoms with Crippen LogP contribution in [0.5, 0.6) is 5.75 Å². The van der Waals surface area contributed by atoms with E-state index in [2.05, 4.69) is 30.7 Å². The van der Waals surface area contributed by atoms with Gasteiger partial charge in [-0.1, -0.05) is 0 Å². The predicted octanol–water partition coefficient (Wildman–Crippen LogP) is 3.00. The van der Waals surface area contributed by atoms with E-state index in [1.807, 2.05) is 5.32 Å². The van der Waals surface area contributed by atoms with Crippen molar-refractivity contribution < 1.29 is 27.0 Å². The van der Waals surface area contributed by atoms with Crippen molar-refractivity contribution in [2.75, 3.05) is 30.0 Å². The van der Waals surface area contributed by atoms with Gasteiger partial charge in [0.1, 0.15) is 23.7 Å². The quantitative estimate of drug-likeness (QED) is 0.389. The zero-order chi connectivity index (χ0) is 24.2. The molecule has 1 amide bonds. The van der Waals surface area contributed by atoms with E-state index < -0.39 is 24.2 Å². The molecule has 5 N–H and O–H groups in total. The molecule has 0 bridgehead atoms. The number of benzene rings is 1. The number of ether oxygens (including phenoxy) is 1. The van der Waals surface area contributed by atoms with E-state index in [1.54, 1.807) is 31.4 Å². The summed E-state index contributed by atoms with van der Waals surface area (Å²) in [6.07, 6.45) is -3.14. The van der Waals surface area contributed by atoms with Crippen molar-refractivity contribution in [2.24, 2.45) is 0 Å². The number of nitrogens with one attached hydrogen (secondary N) is 3. The molecular formula is C19H28F3N9O2. The lowest BCUT2D eigenvalue weighted by molar-refractivity contribution is -0.140. The number of halogens is 3. The number of methoxy groups -OCH3 is 1. The van der Waals surface area contributed by atoms with E-state index >= 15 is 0 Å². The molecule has 3 rings (SSSR count). The number of rotatable bonds is 8. The van der Waals surface area contributed by atoms with Gasteiger partial charge in [0.2, 0.25) is 17.8 Å². The molecule has 0 radical (unpaired) electrons. The lowest BCUT2D eigenvalue weighted by Crippen LogP contribution is -2.50. The second-order valence-electron chi connectivity index (χ2n) is 7.35. The maximum absolute atomic E-state index is 12.4. The van der Waals surface area contributed by atoms with Crippen molar-refractivity contribution in [3.05, 3.63) is 36.5 Å². The summed E-state index contributed by atoms with van der Waals surface area (Å²) in [6.45, 7) is 1.40. The number of nitrogens with two attached hydrogens (primary N) is 1. The van der Waals surface area contributed by atoms with Gasteiger partial charge in [0.25, 0.3) is 5.95 Å². The average molecular weight is 471 g/mol. The molecule has 0 aliphatic heterocycles. The molecule has 0 atom stereocenters. The number of hydrogen-bond donors (Lipinski definition) is 4. The van der Waals surface area contributed by atoms with Gasteiger partial charge in [-0.25, -0.2) is 4.98 Å². The fourth-order valence-corrected chi connectivity index (χ4v) is 2.63. The van der Waals surface area contributed by atoms with Gasteiger partial charge in [-0.05, 0) is 44.2 Å². The number of nitrogen functional groups attached to an aromatic ring is 1. The van der Waals surface area contributed by atoms with Crippen molar-refractivity contribution in [2.45, 2.75) is 25.6 Å². The van der Waals surface area contributed by atoms with E-state index in [1.165, 1.54) is 30.8 Å². The van der Waals surface area contributed by atoms with Gasteiger partial charge in [-0.15, -0.1) is 5.10 Å². The van der Waals surface area contributed by atoms with Crippen LogP contribution in [0.4, 0.5) is 36.6 Å². The molecular weight excluding hydrogens is 443 g/mol. The number of amides is 1. The van der Waals surface area contributed by atoms with Gasteiger partial charge < -0.3 is 26.4 Å². The summed E-state index contributed by atoms with van der Waals surface area (Å²) in [6, 6.07) is 8.50. The molecule has 14 heteroatoms. The summed E-state index contributed by atoms with van der Waals surface area (Å²) in [5.41, 5.74) is 5.23. The van der Waals surface area contributed by atoms with Crippen LogP contribution in [0.25, 0.3) is 5.95 Å². The third kappa shape index (κ3) is 6.21. The van der Waals surface area contributed by atoms with Crippen LogP contribution in [0.3, 0.4) is 0 Å². The van der Waals surface area contributed by atoms with E-state index in [9.17, 15) is 18.0 Å². The van der Waals surface area contributed by atoms with Crippen LogP contribution in [-0.4, -0.2) is 56.0 Å². The van der Waals surface area contributed by atoms with Gasteiger partial charge in [0, 0.05) is 16.2 Å². The third-order valence-corrected chi connectivity index (χ3v) is 4.27. The van der Waals surface area contributed by atoms with Crippen LogP contribution in [0.15, 0.2) is 36.5 Å². The van der Waals surface area contributed by atoms with Crippen molar-refractivity contribution in [3.63, 3.8) is 0 Å². The van der Waals surface area contributed by atoms with Crippen molar-refractivity contribution in [1.29, 1.82) is 0 Å². The smallest absolute Gasteiger partial charge is 0.405 e. The van der Waals surface area contributed by atoms with Gasteiger partial charge in [-0.3, -0.25) is 4.79 Å². The average Bonchev–Trinajstić information content (AvgIpc) is 3.11. The Morgan fingerprint density at radius 2 is 1.88 bits per heavy atom. The Hall–Kier alpha value is -4.10. The van der Waals surface area contributed by atoms with Crippen LogP contribution in [-0.2, 0) is 4.79 Å². The molecule has 182 valence electrons. The maximum atomic E-state index is 12.4. The first-order valence-corrected chi connectivity index (χ1v) is 9.57. The largest absolute Gasteiger partial charge is 0.497 e. The second kappa shape index (κ2) is 9.18. The van der Waals surface area contributed by atoms with Crippen LogP contribution in [0.2, 0.25) is 0 Å². The summed E-state index contributed by atoms with van der Waals surface area (Å²) in [7, 11) is 1.56. The normalized spacial score (nSPS) is 11.7. The molecule has 0 unspecified atom stereocenters. The highest BCUT2D eigenvalue weighted by molar-refractivity contribution is 5.88. The number of aromatic nitrogens is 5. The minimum absolute atomic E-state index is 0. The van der Waals surface area contributed by atoms with Crippen molar-refractivity contribution in [3.8, 4) is 11.7 Å². The first-order valence-electron chi connectivity index (χ1n) is 9.57. The number of anilines is 4. The fraction of sp³-hybridized carbons (Fsp3) is 0.316. The molecule has 2 aromatic heterocycles. The highest BCUT2D eigenvalue weighted by atomic mass is 19.4. The third-order valence-electron chi connectivity index (χ3n) is 4.27. The Labute approximate surface area is 191 Å². The zero-order valence-electron chi connectivity index (χ0n) is 17.9. The first-order chi connectivity index (χ1) is 15.5. The van der Waals surface area contributed by atoms with E-state index in [4.69, 9.17) is 10.5 Å². The number of nitrogens with zero attached hydrogens (tertiary/aromatic N) is 5. The van der Waals surface area contributed by atoms with E-state index in [0.717, 1.165) is 0 Å². The van der Waals surface area contributed by atoms with Gasteiger partial charge >= 0.3 is 6.18 Å². The lowest BCUT2D eigenvalue weighted by Gasteiger charge is -2.26. The summed E-state index contributed by atoms with van der Waals surface area (Å²) in [4.78, 5) is 24.6. The molecule has 0 aliphatic rings. The Kier molecular flexibility index (Phi) is 6.55. The number of carbonyl (C=O) groups excluding carboxylic acids is 1. The van der Waals surface area contributed by atoms with Crippen LogP contribution in [0.1, 0.15) is 18.1 Å². The van der Waals surface area contributed by atoms with E-state index in [-0.39, 0.29) is 27.9 Å². The molecule has 0 saturated carbocycles. The lowest BCUT2D eigenvalue weighted by atomic mass is 10.0. The Morgan fingerprint density at radius 3 is 2.52 bits per heavy atom. The summed E-state index contributed by atoms with van der Waals surface area (Å²) in [5.74, 6) is 0.223. The van der Waals surface area contributed by atoms with Crippen molar-refractivity contribution in [1.82, 2.24) is 30.0 Å². The van der Waals surface area contributed by atoms with Gasteiger partial charge in [-0.2, -0.15) is 27.8 Å². The highest BCUT2D eigenvalue weighted by Gasteiger charge is 2.33. The minimum Gasteiger partial charge on any atom is -0.497 e. The fourth-order valence-electron chi connectivity index (χ4n) is 2.63. The summed E-state index contributed by atoms with van der Waals surface area (Å²) in [5, 5.41) is 11.8. The second-order valence-corrected chi connectivity index (χ2v) is 7.35. The molecule has 3 aromatic rings. The van der Waals surface area contributed by atoms with Crippen LogP contribution < -0.4 is 26.4 Å². The van der Waals surface area contributed by atoms with Crippen LogP contribution >= 0.6 is 0 Å². The van der Waals surface area contributed by atoms with Gasteiger partial charge in [0.05, 0.1) is 7.11 Å². The molecule has 1 aromatic carbocycles. The summed E-state index contributed by atoms with van der Waals surface area (Å²) >= 11 is 0. The molecule has 0 spiro atoms. The molecule has 11 nitrogen and oxygen atoms in total. The maximum Gasteiger partial charge on any atom is 0.405 e. The summed E-state index contributed by atoms with van der Waals surface area (Å²) < 4.78 is 43.5. The Bertz CT molecular complexity index is 1130. The standard InChI is InChI=1S/C19H22F3N9O2.3H2/c1-18(2,14(32)25-10-19(20,21)22)29-13-8-9-24-17(27-13)31-15(23)28-16(30-31)26-11-4-6-12(33-3)7-5-11;;;/h4-9H,10H2,1-3H3,(H,25,32)(H,24,27,29)(H3,23,26,28,30);3*1H. The predicted molar refractivity (Wildman–Crippen MR) is 121 cm³/mol. The van der Waals surface area contributed by atoms with Crippen molar-refractivity contribution >= 4 is 29.3 Å². The number of hydrogen-bond acceptors (Lipinski definition) is 9. The SMILES string of the molecule is COc1ccc(Nc2nc(N)n(-c3nccc(NC(C)(C)C(=O)NCC(F)(F)F)n3)n2)cc1.[HH].[HH].[HH]. The molecule has 0 aliphatic carbocycles. The number of carbonyl (C=O) groups is 1. The Morgan fingerprint density at radius 1 is 1.18 bits per heavy atom. The zero-order valence-corrected chi connectivity index (χ0v) is 17.9. The van der Waals surface area contributed by atoms with E-state index in [0.29, 0.717) is 11.4 Å².